The smallest absolute Gasteiger partial charge is 0.317 e. The molecular weight excluding hydrogens is 222 g/mol. The number of nitrogens with two attached hydrogens (primary N) is 1. The zero-order valence-electron chi connectivity index (χ0n) is 10.4. The number of hydrogen-bond acceptors (Lipinski definition) is 3. The van der Waals surface area contributed by atoms with Crippen molar-refractivity contribution in [2.75, 3.05) is 13.1 Å². The summed E-state index contributed by atoms with van der Waals surface area (Å²) in [5.74, 6) is -0.920. The quantitative estimate of drug-likeness (QED) is 0.667. The molecule has 0 radical (unpaired) electrons. The van der Waals surface area contributed by atoms with Crippen molar-refractivity contribution in [2.24, 2.45) is 5.73 Å². The van der Waals surface area contributed by atoms with Crippen LogP contribution in [0, 0.1) is 0 Å². The number of piperidine rings is 1. The highest BCUT2D eigenvalue weighted by Gasteiger charge is 2.27. The van der Waals surface area contributed by atoms with Gasteiger partial charge in [-0.1, -0.05) is 0 Å². The molecule has 1 aliphatic rings. The first-order valence-corrected chi connectivity index (χ1v) is 5.84. The fourth-order valence-corrected chi connectivity index (χ4v) is 1.89. The molecule has 1 aliphatic heterocycles. The van der Waals surface area contributed by atoms with Crippen LogP contribution in [0.4, 0.5) is 4.79 Å². The van der Waals surface area contributed by atoms with Crippen LogP contribution in [-0.4, -0.2) is 46.7 Å². The van der Waals surface area contributed by atoms with Crippen LogP contribution in [-0.2, 0) is 4.79 Å². The number of nitrogens with one attached hydrogen (secondary N) is 1. The molecule has 0 atom stereocenters. The van der Waals surface area contributed by atoms with Gasteiger partial charge in [-0.15, -0.1) is 0 Å². The summed E-state index contributed by atoms with van der Waals surface area (Å²) in [4.78, 5) is 24.2. The lowest BCUT2D eigenvalue weighted by Crippen LogP contribution is -2.53. The van der Waals surface area contributed by atoms with Gasteiger partial charge in [-0.05, 0) is 26.7 Å². The normalized spacial score (nSPS) is 17.9. The van der Waals surface area contributed by atoms with Crippen molar-refractivity contribution in [3.05, 3.63) is 0 Å². The number of hydrogen-bond donors (Lipinski definition) is 3. The molecule has 1 rings (SSSR count). The van der Waals surface area contributed by atoms with Crippen LogP contribution in [0.1, 0.15) is 33.1 Å². The average molecular weight is 243 g/mol. The van der Waals surface area contributed by atoms with E-state index in [2.05, 4.69) is 5.32 Å². The second-order valence-corrected chi connectivity index (χ2v) is 5.21. The van der Waals surface area contributed by atoms with E-state index in [-0.39, 0.29) is 18.5 Å². The third-order valence-corrected chi connectivity index (χ3v) is 2.87. The van der Waals surface area contributed by atoms with Crippen LogP contribution in [0.15, 0.2) is 0 Å². The SMILES string of the molecule is CC(C)(CC(=O)O)NC(=O)N1CCC(N)CC1. The standard InChI is InChI=1S/C11H21N3O3/c1-11(2,7-9(15)16)13-10(17)14-5-3-8(12)4-6-14/h8H,3-7,12H2,1-2H3,(H,13,17)(H,15,16). The first-order chi connectivity index (χ1) is 7.80. The van der Waals surface area contributed by atoms with Crippen molar-refractivity contribution >= 4 is 12.0 Å². The number of likely N-dealkylation sites (tertiary alicyclic amines) is 1. The molecule has 0 spiro atoms. The average Bonchev–Trinajstić information content (AvgIpc) is 2.15. The highest BCUT2D eigenvalue weighted by atomic mass is 16.4. The number of carboxylic acids is 1. The van der Waals surface area contributed by atoms with E-state index in [1.807, 2.05) is 0 Å². The molecule has 0 aromatic carbocycles. The van der Waals surface area contributed by atoms with Crippen molar-refractivity contribution in [3.8, 4) is 0 Å². The van der Waals surface area contributed by atoms with E-state index in [1.54, 1.807) is 18.7 Å². The second-order valence-electron chi connectivity index (χ2n) is 5.21. The van der Waals surface area contributed by atoms with Gasteiger partial charge in [0.05, 0.1) is 6.42 Å². The summed E-state index contributed by atoms with van der Waals surface area (Å²) in [6, 6.07) is -0.0331. The Balaban J connectivity index is 2.45. The van der Waals surface area contributed by atoms with E-state index in [4.69, 9.17) is 10.8 Å². The molecule has 6 heteroatoms. The minimum absolute atomic E-state index is 0.0912. The molecule has 0 unspecified atom stereocenters. The lowest BCUT2D eigenvalue weighted by Gasteiger charge is -2.33. The lowest BCUT2D eigenvalue weighted by atomic mass is 10.0. The number of nitrogens with zero attached hydrogens (tertiary/aromatic N) is 1. The molecule has 1 heterocycles. The van der Waals surface area contributed by atoms with Crippen LogP contribution in [0.5, 0.6) is 0 Å². The van der Waals surface area contributed by atoms with Gasteiger partial charge in [-0.25, -0.2) is 4.79 Å². The minimum Gasteiger partial charge on any atom is -0.481 e. The summed E-state index contributed by atoms with van der Waals surface area (Å²) in [7, 11) is 0. The maximum atomic E-state index is 11.9. The Bertz CT molecular complexity index is 296. The molecule has 1 fully saturated rings. The molecule has 0 saturated carbocycles. The van der Waals surface area contributed by atoms with Gasteiger partial charge < -0.3 is 21.1 Å². The molecule has 98 valence electrons. The Morgan fingerprint density at radius 3 is 2.41 bits per heavy atom. The number of amides is 2. The van der Waals surface area contributed by atoms with Crippen molar-refractivity contribution < 1.29 is 14.7 Å². The number of carbonyl (C=O) groups is 2. The second kappa shape index (κ2) is 5.35. The Morgan fingerprint density at radius 1 is 1.41 bits per heavy atom. The summed E-state index contributed by atoms with van der Waals surface area (Å²) >= 11 is 0. The molecule has 1 saturated heterocycles. The van der Waals surface area contributed by atoms with E-state index in [0.29, 0.717) is 13.1 Å². The highest BCUT2D eigenvalue weighted by Crippen LogP contribution is 2.12. The van der Waals surface area contributed by atoms with Gasteiger partial charge in [0.25, 0.3) is 0 Å². The van der Waals surface area contributed by atoms with E-state index in [1.165, 1.54) is 0 Å². The Kier molecular flexibility index (Phi) is 4.34. The number of carboxylic acid groups (broad SMARTS) is 1. The summed E-state index contributed by atoms with van der Waals surface area (Å²) in [5.41, 5.74) is 5.02. The zero-order chi connectivity index (χ0) is 13.1. The maximum Gasteiger partial charge on any atom is 0.317 e. The molecule has 0 aromatic rings. The van der Waals surface area contributed by atoms with Gasteiger partial charge in [0, 0.05) is 24.7 Å². The predicted molar refractivity (Wildman–Crippen MR) is 63.6 cm³/mol. The summed E-state index contributed by atoms with van der Waals surface area (Å²) in [6.07, 6.45) is 1.51. The third kappa shape index (κ3) is 4.60. The largest absolute Gasteiger partial charge is 0.481 e. The van der Waals surface area contributed by atoms with Crippen LogP contribution in [0.25, 0.3) is 0 Å². The van der Waals surface area contributed by atoms with Gasteiger partial charge in [0.1, 0.15) is 0 Å². The summed E-state index contributed by atoms with van der Waals surface area (Å²) in [5, 5.41) is 11.5. The fraction of sp³-hybridized carbons (Fsp3) is 0.818. The molecule has 0 aromatic heterocycles. The molecule has 6 nitrogen and oxygen atoms in total. The number of rotatable bonds is 3. The highest BCUT2D eigenvalue weighted by molar-refractivity contribution is 5.76. The number of carbonyl (C=O) groups excluding carboxylic acids is 1. The summed E-state index contributed by atoms with van der Waals surface area (Å²) < 4.78 is 0. The lowest BCUT2D eigenvalue weighted by molar-refractivity contribution is -0.138. The first-order valence-electron chi connectivity index (χ1n) is 5.84. The van der Waals surface area contributed by atoms with Crippen molar-refractivity contribution in [1.82, 2.24) is 10.2 Å². The van der Waals surface area contributed by atoms with Crippen molar-refractivity contribution in [2.45, 2.75) is 44.7 Å². The fourth-order valence-electron chi connectivity index (χ4n) is 1.89. The van der Waals surface area contributed by atoms with Gasteiger partial charge >= 0.3 is 12.0 Å². The van der Waals surface area contributed by atoms with Gasteiger partial charge in [0.2, 0.25) is 0 Å². The molecule has 4 N–H and O–H groups in total. The Morgan fingerprint density at radius 2 is 1.94 bits per heavy atom. The van der Waals surface area contributed by atoms with E-state index in [9.17, 15) is 9.59 Å². The maximum absolute atomic E-state index is 11.9. The number of urea groups is 1. The molecule has 0 aliphatic carbocycles. The van der Waals surface area contributed by atoms with E-state index >= 15 is 0 Å². The van der Waals surface area contributed by atoms with Gasteiger partial charge in [0.15, 0.2) is 0 Å². The van der Waals surface area contributed by atoms with Gasteiger partial charge in [-0.3, -0.25) is 4.79 Å². The van der Waals surface area contributed by atoms with Crippen molar-refractivity contribution in [1.29, 1.82) is 0 Å². The zero-order valence-corrected chi connectivity index (χ0v) is 10.4. The first kappa shape index (κ1) is 13.8. The van der Waals surface area contributed by atoms with Crippen LogP contribution in [0.3, 0.4) is 0 Å². The topological polar surface area (TPSA) is 95.7 Å². The molecule has 2 amide bonds. The summed E-state index contributed by atoms with van der Waals surface area (Å²) in [6.45, 7) is 4.68. The molecule has 17 heavy (non-hydrogen) atoms. The third-order valence-electron chi connectivity index (χ3n) is 2.87. The van der Waals surface area contributed by atoms with E-state index in [0.717, 1.165) is 12.8 Å². The van der Waals surface area contributed by atoms with E-state index < -0.39 is 11.5 Å². The van der Waals surface area contributed by atoms with Gasteiger partial charge in [-0.2, -0.15) is 0 Å². The Labute approximate surface area is 101 Å². The van der Waals surface area contributed by atoms with Crippen LogP contribution in [0.2, 0.25) is 0 Å². The Hall–Kier alpha value is -1.30. The van der Waals surface area contributed by atoms with Crippen molar-refractivity contribution in [3.63, 3.8) is 0 Å². The molecular formula is C11H21N3O3. The van der Waals surface area contributed by atoms with Crippen LogP contribution >= 0.6 is 0 Å². The van der Waals surface area contributed by atoms with Crippen LogP contribution < -0.4 is 11.1 Å². The minimum atomic E-state index is -0.920. The molecule has 0 bridgehead atoms. The predicted octanol–water partition coefficient (Wildman–Crippen LogP) is 0.372. The monoisotopic (exact) mass is 243 g/mol. The number of aliphatic carboxylic acids is 1.